The average Bonchev–Trinajstić information content (AvgIpc) is 3.03. The zero-order chi connectivity index (χ0) is 36.2. The molecule has 0 aliphatic rings. The number of halogens is 10. The molecule has 1 heterocycles. The maximum Gasteiger partial charge on any atom is 0.458 e. The number of hydrogen-bond acceptors (Lipinski definition) is 2. The van der Waals surface area contributed by atoms with Gasteiger partial charge in [-0.2, -0.15) is 22.0 Å². The van der Waals surface area contributed by atoms with Gasteiger partial charge in [0.2, 0.25) is 0 Å². The minimum atomic E-state index is -4.99. The molecule has 0 unspecified atom stereocenters. The molecule has 2 nitrogen and oxygen atoms in total. The van der Waals surface area contributed by atoms with Crippen LogP contribution in [0.5, 0.6) is 5.75 Å². The summed E-state index contributed by atoms with van der Waals surface area (Å²) in [5.41, 5.74) is -2.02. The fourth-order valence-electron chi connectivity index (χ4n) is 5.02. The Bertz CT molecular complexity index is 2160. The lowest BCUT2D eigenvalue weighted by Gasteiger charge is -2.20. The third-order valence-corrected chi connectivity index (χ3v) is 7.42. The maximum atomic E-state index is 15.1. The number of benzene rings is 4. The first-order valence-electron chi connectivity index (χ1n) is 15.0. The van der Waals surface area contributed by atoms with Gasteiger partial charge in [-0.3, -0.25) is 0 Å². The van der Waals surface area contributed by atoms with Gasteiger partial charge < -0.3 is 4.74 Å². The van der Waals surface area contributed by atoms with Gasteiger partial charge in [0.25, 0.3) is 0 Å². The van der Waals surface area contributed by atoms with Crippen molar-refractivity contribution in [2.45, 2.75) is 44.9 Å². The Balaban J connectivity index is 1.34. The largest absolute Gasteiger partial charge is 0.458 e. The van der Waals surface area contributed by atoms with Crippen LogP contribution in [0.25, 0.3) is 21.9 Å². The summed E-state index contributed by atoms with van der Waals surface area (Å²) < 4.78 is 146. The molecule has 0 aliphatic carbocycles. The van der Waals surface area contributed by atoms with Gasteiger partial charge in [-0.05, 0) is 77.7 Å². The van der Waals surface area contributed by atoms with E-state index in [9.17, 15) is 30.7 Å². The molecule has 0 atom stereocenters. The molecular weight excluding hydrogens is 676 g/mol. The molecule has 1 aromatic heterocycles. The molecule has 256 valence electrons. The number of nitrogens with zero attached hydrogens (tertiary/aromatic N) is 1. The minimum absolute atomic E-state index is 0.00754. The smallest absolute Gasteiger partial charge is 0.429 e. The van der Waals surface area contributed by atoms with Crippen LogP contribution in [0.2, 0.25) is 0 Å². The van der Waals surface area contributed by atoms with Crippen LogP contribution in [0, 0.1) is 52.8 Å². The third-order valence-electron chi connectivity index (χ3n) is 7.42. The molecule has 0 bridgehead atoms. The average molecular weight is 700 g/mol. The Kier molecular flexibility index (Phi) is 10.4. The molecule has 5 rings (SSSR count). The Hall–Kier alpha value is -5.49. The van der Waals surface area contributed by atoms with E-state index in [0.717, 1.165) is 67.5 Å². The van der Waals surface area contributed by atoms with E-state index in [2.05, 4.69) is 28.5 Å². The second-order valence-electron chi connectivity index (χ2n) is 11.1. The highest BCUT2D eigenvalue weighted by atomic mass is 19.4. The van der Waals surface area contributed by atoms with E-state index in [1.165, 1.54) is 5.92 Å². The summed E-state index contributed by atoms with van der Waals surface area (Å²) in [4.78, 5) is 4.19. The Labute approximate surface area is 279 Å². The second kappa shape index (κ2) is 14.6. The van der Waals surface area contributed by atoms with Crippen LogP contribution in [-0.2, 0) is 12.5 Å². The molecule has 0 spiro atoms. The summed E-state index contributed by atoms with van der Waals surface area (Å²) in [5, 5.41) is -0.474. The number of pyridine rings is 1. The monoisotopic (exact) mass is 699 g/mol. The summed E-state index contributed by atoms with van der Waals surface area (Å²) >= 11 is 0. The van der Waals surface area contributed by atoms with Crippen molar-refractivity contribution < 1.29 is 48.6 Å². The summed E-state index contributed by atoms with van der Waals surface area (Å²) in [6.45, 7) is 2.09. The van der Waals surface area contributed by atoms with E-state index >= 15 is 13.2 Å². The van der Waals surface area contributed by atoms with Gasteiger partial charge in [0.15, 0.2) is 0 Å². The van der Waals surface area contributed by atoms with E-state index in [0.29, 0.717) is 30.0 Å². The molecule has 0 N–H and O–H groups in total. The molecule has 5 aromatic rings. The molecule has 0 radical (unpaired) electrons. The van der Waals surface area contributed by atoms with Crippen LogP contribution in [-0.4, -0.2) is 11.2 Å². The Morgan fingerprint density at radius 2 is 1.46 bits per heavy atom. The number of fused-ring (bicyclic) bond motifs is 1. The highest BCUT2D eigenvalue weighted by molar-refractivity contribution is 5.89. The van der Waals surface area contributed by atoms with Crippen LogP contribution in [0.4, 0.5) is 43.9 Å². The topological polar surface area (TPSA) is 22.1 Å². The predicted octanol–water partition coefficient (Wildman–Crippen LogP) is 10.8. The number of aromatic nitrogens is 1. The first-order chi connectivity index (χ1) is 23.6. The molecule has 0 saturated heterocycles. The van der Waals surface area contributed by atoms with Gasteiger partial charge in [-0.1, -0.05) is 49.8 Å². The maximum absolute atomic E-state index is 15.1. The van der Waals surface area contributed by atoms with E-state index in [4.69, 9.17) is 0 Å². The van der Waals surface area contributed by atoms with Gasteiger partial charge in [0.1, 0.15) is 46.1 Å². The van der Waals surface area contributed by atoms with Gasteiger partial charge in [0.05, 0.1) is 5.56 Å². The first-order valence-corrected chi connectivity index (χ1v) is 15.0. The highest BCUT2D eigenvalue weighted by Crippen LogP contribution is 2.37. The number of alkyl halides is 5. The van der Waals surface area contributed by atoms with Crippen molar-refractivity contribution in [3.8, 4) is 40.6 Å². The van der Waals surface area contributed by atoms with Crippen molar-refractivity contribution in [1.82, 2.24) is 4.98 Å². The second-order valence-corrected chi connectivity index (χ2v) is 11.1. The van der Waals surface area contributed by atoms with E-state index < -0.39 is 58.2 Å². The summed E-state index contributed by atoms with van der Waals surface area (Å²) in [6.07, 6.45) is -3.97. The van der Waals surface area contributed by atoms with Gasteiger partial charge >= 0.3 is 12.3 Å². The van der Waals surface area contributed by atoms with Crippen molar-refractivity contribution in [2.24, 2.45) is 0 Å². The number of ether oxygens (including phenoxy) is 1. The summed E-state index contributed by atoms with van der Waals surface area (Å²) in [7, 11) is 0. The van der Waals surface area contributed by atoms with Crippen molar-refractivity contribution >= 4 is 10.8 Å². The first kappa shape index (κ1) is 35.8. The molecule has 50 heavy (non-hydrogen) atoms. The predicted molar refractivity (Wildman–Crippen MR) is 167 cm³/mol. The van der Waals surface area contributed by atoms with Gasteiger partial charge in [-0.15, -0.1) is 0 Å². The SMILES string of the molecule is CCCCCc1ccc(C#Cc2cc(F)c(C(F)(F)Oc3ccc(-c4ccc5c(F)c(C#CC(F)(F)F)c(F)cc5c4)c(F)c3)c(F)c2)nc1. The lowest BCUT2D eigenvalue weighted by atomic mass is 9.98. The molecule has 0 saturated carbocycles. The number of hydrogen-bond donors (Lipinski definition) is 0. The van der Waals surface area contributed by atoms with E-state index in [-0.39, 0.29) is 27.5 Å². The minimum Gasteiger partial charge on any atom is -0.429 e. The van der Waals surface area contributed by atoms with Crippen molar-refractivity contribution in [3.05, 3.63) is 130 Å². The molecule has 0 amide bonds. The summed E-state index contributed by atoms with van der Waals surface area (Å²) in [6, 6.07) is 11.1. The lowest BCUT2D eigenvalue weighted by Crippen LogP contribution is -2.25. The van der Waals surface area contributed by atoms with E-state index in [1.54, 1.807) is 12.3 Å². The van der Waals surface area contributed by atoms with Crippen LogP contribution < -0.4 is 4.74 Å². The van der Waals surface area contributed by atoms with E-state index in [1.807, 2.05) is 6.07 Å². The molecule has 12 heteroatoms. The zero-order valence-corrected chi connectivity index (χ0v) is 25.9. The summed E-state index contributed by atoms with van der Waals surface area (Å²) in [5.74, 6) is -0.735. The Morgan fingerprint density at radius 3 is 2.10 bits per heavy atom. The van der Waals surface area contributed by atoms with Crippen LogP contribution in [0.1, 0.15) is 54.1 Å². The van der Waals surface area contributed by atoms with Crippen molar-refractivity contribution in [2.75, 3.05) is 0 Å². The molecular formula is C38H23F10NO. The molecule has 0 aliphatic heterocycles. The quantitative estimate of drug-likeness (QED) is 0.0914. The van der Waals surface area contributed by atoms with Gasteiger partial charge in [0, 0.05) is 34.7 Å². The highest BCUT2D eigenvalue weighted by Gasteiger charge is 2.41. The third kappa shape index (κ3) is 8.38. The van der Waals surface area contributed by atoms with Crippen LogP contribution in [0.15, 0.2) is 72.9 Å². The van der Waals surface area contributed by atoms with Crippen LogP contribution in [0.3, 0.4) is 0 Å². The number of rotatable bonds is 8. The number of unbranched alkanes of at least 4 members (excludes halogenated alkanes) is 2. The molecule has 4 aromatic carbocycles. The molecule has 0 fully saturated rings. The fraction of sp³-hybridized carbons (Fsp3) is 0.184. The number of aryl methyl sites for hydroxylation is 1. The standard InChI is InChI=1S/C38H23F10NO/c1-2-3-4-5-22-6-9-26(49-21-22)10-7-23-16-33(41)35(34(42)17-23)38(47,48)50-27-11-13-28(32(40)20-27)24-8-12-29-25(18-24)19-31(39)30(36(29)43)14-15-37(44,45)46/h6,8-9,11-13,16-21H,2-5H2,1H3. The lowest BCUT2D eigenvalue weighted by molar-refractivity contribution is -0.189. The van der Waals surface area contributed by atoms with Crippen molar-refractivity contribution in [1.29, 1.82) is 0 Å². The Morgan fingerprint density at radius 1 is 0.720 bits per heavy atom. The normalized spacial score (nSPS) is 11.5. The van der Waals surface area contributed by atoms with Crippen LogP contribution >= 0.6 is 0 Å². The van der Waals surface area contributed by atoms with Gasteiger partial charge in [-0.25, -0.2) is 26.9 Å². The zero-order valence-electron chi connectivity index (χ0n) is 25.9. The van der Waals surface area contributed by atoms with Crippen molar-refractivity contribution in [3.63, 3.8) is 0 Å². The fourth-order valence-corrected chi connectivity index (χ4v) is 5.02.